The van der Waals surface area contributed by atoms with Crippen LogP contribution in [0.15, 0.2) is 18.2 Å². The van der Waals surface area contributed by atoms with Crippen molar-refractivity contribution < 1.29 is 41.1 Å². The Kier molecular flexibility index (Phi) is 19.3. The maximum absolute atomic E-state index is 11.0. The summed E-state index contributed by atoms with van der Waals surface area (Å²) in [6.07, 6.45) is 0.421. The van der Waals surface area contributed by atoms with Crippen molar-refractivity contribution in [3.8, 4) is 17.9 Å². The zero-order valence-electron chi connectivity index (χ0n) is 29.5. The Labute approximate surface area is 295 Å². The highest BCUT2D eigenvalue weighted by molar-refractivity contribution is 7.85. The Morgan fingerprint density at radius 2 is 1.51 bits per heavy atom. The Morgan fingerprint density at radius 3 is 2.04 bits per heavy atom. The van der Waals surface area contributed by atoms with E-state index in [1.54, 1.807) is 14.0 Å². The molecule has 0 aliphatic rings. The van der Waals surface area contributed by atoms with Crippen molar-refractivity contribution in [3.63, 3.8) is 0 Å². The number of rotatable bonds is 27. The molecule has 274 valence electrons. The van der Waals surface area contributed by atoms with E-state index in [9.17, 15) is 18.9 Å². The second-order valence-electron chi connectivity index (χ2n) is 11.2. The number of anilines is 3. The first-order valence-electron chi connectivity index (χ1n) is 16.6. The molecule has 0 unspecified atom stereocenters. The Morgan fingerprint density at radius 1 is 0.898 bits per heavy atom. The lowest BCUT2D eigenvalue weighted by Crippen LogP contribution is -2.50. The molecule has 2 rings (SSSR count). The van der Waals surface area contributed by atoms with Gasteiger partial charge in [0.15, 0.2) is 0 Å². The van der Waals surface area contributed by atoms with Gasteiger partial charge in [-0.15, -0.1) is 11.3 Å². The number of hydrazine groups is 1. The lowest BCUT2D eigenvalue weighted by molar-refractivity contribution is -0.925. The molecule has 0 bridgehead atoms. The van der Waals surface area contributed by atoms with Gasteiger partial charge in [-0.1, -0.05) is 0 Å². The van der Waals surface area contributed by atoms with Crippen molar-refractivity contribution in [1.29, 1.82) is 10.5 Å². The third-order valence-electron chi connectivity index (χ3n) is 8.31. The van der Waals surface area contributed by atoms with Crippen LogP contribution in [0.3, 0.4) is 0 Å². The molecule has 0 spiro atoms. The van der Waals surface area contributed by atoms with Gasteiger partial charge in [-0.2, -0.15) is 18.9 Å². The van der Waals surface area contributed by atoms with Crippen LogP contribution in [0.5, 0.6) is 5.75 Å². The molecule has 0 saturated carbocycles. The van der Waals surface area contributed by atoms with Gasteiger partial charge in [-0.05, 0) is 45.4 Å². The number of nitriles is 2. The molecule has 14 nitrogen and oxygen atoms in total. The van der Waals surface area contributed by atoms with Gasteiger partial charge in [0.2, 0.25) is 0 Å². The summed E-state index contributed by atoms with van der Waals surface area (Å²) in [5.74, 6) is 0.410. The zero-order valence-corrected chi connectivity index (χ0v) is 31.1. The number of methoxy groups -OCH3 is 1. The number of hydrogen-bond donors (Lipinski definition) is 3. The topological polar surface area (TPSA) is 175 Å². The van der Waals surface area contributed by atoms with Gasteiger partial charge in [0, 0.05) is 31.3 Å². The highest BCUT2D eigenvalue weighted by atomic mass is 32.2. The number of ether oxygens (including phenoxy) is 5. The summed E-state index contributed by atoms with van der Waals surface area (Å²) in [6, 6.07) is 10.1. The molecule has 0 radical (unpaired) electrons. The number of hydrogen-bond acceptors (Lipinski definition) is 13. The van der Waals surface area contributed by atoms with Crippen LogP contribution in [0, 0.1) is 29.6 Å². The fraction of sp³-hybridized carbons (Fsp3) is 0.636. The smallest absolute Gasteiger partial charge is 0.265 e. The van der Waals surface area contributed by atoms with Crippen molar-refractivity contribution in [1.82, 2.24) is 0 Å². The predicted octanol–water partition coefficient (Wildman–Crippen LogP) is 4.27. The van der Waals surface area contributed by atoms with Crippen molar-refractivity contribution >= 4 is 37.8 Å². The number of benzene rings is 1. The molecule has 49 heavy (non-hydrogen) atoms. The van der Waals surface area contributed by atoms with Gasteiger partial charge in [0.05, 0.1) is 96.6 Å². The molecular formula is C33H53N6O8S2+. The van der Waals surface area contributed by atoms with Crippen LogP contribution in [0.1, 0.15) is 43.2 Å². The summed E-state index contributed by atoms with van der Waals surface area (Å²) >= 11 is 1.22. The molecule has 1 heterocycles. The predicted molar refractivity (Wildman–Crippen MR) is 192 cm³/mol. The first-order valence-corrected chi connectivity index (χ1v) is 19.0. The van der Waals surface area contributed by atoms with Crippen molar-refractivity contribution in [2.75, 3.05) is 121 Å². The van der Waals surface area contributed by atoms with Crippen molar-refractivity contribution in [3.05, 3.63) is 34.2 Å². The molecule has 1 aromatic carbocycles. The lowest BCUT2D eigenvalue weighted by atomic mass is 10.2. The van der Waals surface area contributed by atoms with E-state index < -0.39 is 10.1 Å². The van der Waals surface area contributed by atoms with E-state index >= 15 is 0 Å². The van der Waals surface area contributed by atoms with Gasteiger partial charge in [0.1, 0.15) is 34.3 Å². The van der Waals surface area contributed by atoms with Crippen molar-refractivity contribution in [2.45, 2.75) is 34.1 Å². The van der Waals surface area contributed by atoms with Crippen LogP contribution < -0.4 is 20.5 Å². The third-order valence-corrected chi connectivity index (χ3v) is 10.2. The normalized spacial score (nSPS) is 11.6. The zero-order chi connectivity index (χ0) is 36.1. The van der Waals surface area contributed by atoms with E-state index in [1.807, 2.05) is 18.2 Å². The highest BCUT2D eigenvalue weighted by Crippen LogP contribution is 2.34. The molecule has 16 heteroatoms. The molecule has 0 aliphatic heterocycles. The molecular weight excluding hydrogens is 673 g/mol. The molecule has 0 atom stereocenters. The van der Waals surface area contributed by atoms with Gasteiger partial charge < -0.3 is 33.1 Å². The fourth-order valence-corrected chi connectivity index (χ4v) is 6.56. The van der Waals surface area contributed by atoms with E-state index in [0.29, 0.717) is 105 Å². The largest absolute Gasteiger partial charge is 0.494 e. The first-order chi connectivity index (χ1) is 23.6. The van der Waals surface area contributed by atoms with Crippen LogP contribution in [-0.4, -0.2) is 122 Å². The minimum absolute atomic E-state index is 0.214. The number of likely N-dealkylation sites (N-methyl/N-ethyl adjacent to an activating group) is 2. The first kappa shape index (κ1) is 42.0. The minimum atomic E-state index is -3.93. The summed E-state index contributed by atoms with van der Waals surface area (Å²) in [5.41, 5.74) is 8.92. The summed E-state index contributed by atoms with van der Waals surface area (Å²) in [6.45, 7) is 16.5. The summed E-state index contributed by atoms with van der Waals surface area (Å²) < 4.78 is 60.1. The molecule has 0 aliphatic carbocycles. The van der Waals surface area contributed by atoms with Gasteiger partial charge >= 0.3 is 0 Å². The standard InChI is InChI=1S/C33H52N6O8S2/c1-6-38(28-10-11-30(31(24-28)43-5)36-37-33-29(25-34)27(4)32(26-35)48-33)12-15-44-17-19-46-21-22-47-20-18-45-16-14-39(7-2,8-3)13-9-23-49(40,41)42/h10-11,24,36-37H,6-9,12-23H2,1-5H3/p+1. The van der Waals surface area contributed by atoms with Gasteiger partial charge in [0.25, 0.3) is 10.1 Å². The average Bonchev–Trinajstić information content (AvgIpc) is 3.41. The Balaban J connectivity index is 1.60. The maximum Gasteiger partial charge on any atom is 0.265 e. The van der Waals surface area contributed by atoms with Crippen LogP contribution in [-0.2, 0) is 29.1 Å². The van der Waals surface area contributed by atoms with E-state index in [0.717, 1.165) is 36.3 Å². The molecule has 0 fully saturated rings. The summed E-state index contributed by atoms with van der Waals surface area (Å²) in [5, 5.41) is 19.4. The van der Waals surface area contributed by atoms with Gasteiger partial charge in [-0.25, -0.2) is 0 Å². The average molecular weight is 726 g/mol. The fourth-order valence-electron chi connectivity index (χ4n) is 5.16. The lowest BCUT2D eigenvalue weighted by Gasteiger charge is -2.36. The van der Waals surface area contributed by atoms with Gasteiger partial charge in [-0.3, -0.25) is 15.4 Å². The van der Waals surface area contributed by atoms with E-state index in [1.165, 1.54) is 11.3 Å². The molecule has 2 aromatic rings. The summed E-state index contributed by atoms with van der Waals surface area (Å²) in [7, 11) is -2.34. The monoisotopic (exact) mass is 725 g/mol. The van der Waals surface area contributed by atoms with Crippen LogP contribution >= 0.6 is 11.3 Å². The van der Waals surface area contributed by atoms with E-state index in [4.69, 9.17) is 28.2 Å². The third kappa shape index (κ3) is 14.7. The van der Waals surface area contributed by atoms with Crippen molar-refractivity contribution in [2.24, 2.45) is 0 Å². The highest BCUT2D eigenvalue weighted by Gasteiger charge is 2.23. The minimum Gasteiger partial charge on any atom is -0.494 e. The molecule has 0 saturated heterocycles. The van der Waals surface area contributed by atoms with Crippen LogP contribution in [0.4, 0.5) is 16.4 Å². The second-order valence-corrected chi connectivity index (χ2v) is 13.8. The number of nitrogens with one attached hydrogen (secondary N) is 2. The second kappa shape index (κ2) is 22.5. The number of thiophene rings is 1. The molecule has 0 amide bonds. The Bertz CT molecular complexity index is 1450. The molecule has 1 aromatic heterocycles. The SMILES string of the molecule is CCN(CCOCCOCCOCCOCC[N+](CC)(CC)CCCS(=O)(=O)O)c1ccc(NNc2sc(C#N)c(C)c2C#N)c(OC)c1. The number of nitrogens with zero attached hydrogens (tertiary/aromatic N) is 4. The summed E-state index contributed by atoms with van der Waals surface area (Å²) in [4.78, 5) is 2.68. The van der Waals surface area contributed by atoms with Crippen LogP contribution in [0.25, 0.3) is 0 Å². The molecule has 3 N–H and O–H groups in total. The Hall–Kier alpha value is -3.19. The van der Waals surface area contributed by atoms with E-state index in [-0.39, 0.29) is 5.75 Å². The number of quaternary nitrogens is 1. The van der Waals surface area contributed by atoms with E-state index in [2.05, 4.69) is 48.7 Å². The quantitative estimate of drug-likeness (QED) is 0.0516. The van der Waals surface area contributed by atoms with Crippen LogP contribution in [0.2, 0.25) is 0 Å². The maximum atomic E-state index is 11.0.